The number of hydrogen-bond donors (Lipinski definition) is 1. The summed E-state index contributed by atoms with van der Waals surface area (Å²) in [6.45, 7) is 6.78. The summed E-state index contributed by atoms with van der Waals surface area (Å²) < 4.78 is 5.53. The van der Waals surface area contributed by atoms with Gasteiger partial charge in [-0.05, 0) is 25.0 Å². The van der Waals surface area contributed by atoms with Gasteiger partial charge in [-0.2, -0.15) is 0 Å². The van der Waals surface area contributed by atoms with Gasteiger partial charge in [-0.3, -0.25) is 9.88 Å². The van der Waals surface area contributed by atoms with Crippen molar-refractivity contribution in [3.63, 3.8) is 0 Å². The zero-order chi connectivity index (χ0) is 17.3. The van der Waals surface area contributed by atoms with E-state index in [0.717, 1.165) is 27.7 Å². The first-order valence-corrected chi connectivity index (χ1v) is 8.26. The topological polar surface area (TPSA) is 54.5 Å². The molecule has 2 heterocycles. The fourth-order valence-electron chi connectivity index (χ4n) is 3.24. The van der Waals surface area contributed by atoms with Gasteiger partial charge in [0.1, 0.15) is 0 Å². The Morgan fingerprint density at radius 3 is 2.75 bits per heavy atom. The molecule has 0 fully saturated rings. The third-order valence-corrected chi connectivity index (χ3v) is 4.36. The van der Waals surface area contributed by atoms with Crippen LogP contribution in [-0.4, -0.2) is 35.8 Å². The number of nitrogens with one attached hydrogen (secondary N) is 1. The molecule has 1 N–H and O–H groups in total. The molecule has 3 rings (SSSR count). The Morgan fingerprint density at radius 2 is 2.08 bits per heavy atom. The minimum atomic E-state index is -0.415. The summed E-state index contributed by atoms with van der Waals surface area (Å²) in [4.78, 5) is 18.8. The third kappa shape index (κ3) is 2.76. The van der Waals surface area contributed by atoms with E-state index in [9.17, 15) is 4.79 Å². The highest BCUT2D eigenvalue weighted by molar-refractivity contribution is 5.92. The number of hydrogen-bond acceptors (Lipinski definition) is 3. The van der Waals surface area contributed by atoms with E-state index in [0.29, 0.717) is 6.54 Å². The number of benzene rings is 1. The number of ether oxygens (including phenoxy) is 1. The summed E-state index contributed by atoms with van der Waals surface area (Å²) in [5, 5.41) is 3.98. The van der Waals surface area contributed by atoms with Crippen molar-refractivity contribution >= 4 is 22.6 Å². The van der Waals surface area contributed by atoms with Crippen molar-refractivity contribution in [1.29, 1.82) is 0 Å². The van der Waals surface area contributed by atoms with E-state index in [1.54, 1.807) is 12.0 Å². The first-order chi connectivity index (χ1) is 11.6. The van der Waals surface area contributed by atoms with Gasteiger partial charge >= 0.3 is 6.03 Å². The minimum absolute atomic E-state index is 0.142. The molecular weight excluding hydrogens is 302 g/mol. The van der Waals surface area contributed by atoms with Crippen LogP contribution in [0.5, 0.6) is 0 Å². The van der Waals surface area contributed by atoms with Gasteiger partial charge < -0.3 is 10.1 Å². The van der Waals surface area contributed by atoms with E-state index in [-0.39, 0.29) is 11.9 Å². The average Bonchev–Trinajstić information content (AvgIpc) is 2.59. The second-order valence-corrected chi connectivity index (χ2v) is 6.18. The van der Waals surface area contributed by atoms with Crippen LogP contribution < -0.4 is 5.32 Å². The van der Waals surface area contributed by atoms with Gasteiger partial charge in [-0.1, -0.05) is 32.0 Å². The van der Waals surface area contributed by atoms with Crippen LogP contribution in [0.15, 0.2) is 42.1 Å². The molecule has 1 unspecified atom stereocenters. The van der Waals surface area contributed by atoms with Crippen LogP contribution in [0.1, 0.15) is 26.3 Å². The zero-order valence-corrected chi connectivity index (χ0v) is 14.5. The van der Waals surface area contributed by atoms with Crippen molar-refractivity contribution < 1.29 is 9.53 Å². The van der Waals surface area contributed by atoms with Crippen LogP contribution in [0.2, 0.25) is 0 Å². The van der Waals surface area contributed by atoms with E-state index in [2.05, 4.69) is 30.2 Å². The Kier molecular flexibility index (Phi) is 4.53. The predicted octanol–water partition coefficient (Wildman–Crippen LogP) is 3.62. The van der Waals surface area contributed by atoms with Gasteiger partial charge in [-0.25, -0.2) is 4.79 Å². The number of carbonyl (C=O) groups excluding carboxylic acids is 1. The van der Waals surface area contributed by atoms with E-state index in [1.807, 2.05) is 37.4 Å². The number of fused-ring (bicyclic) bond motifs is 1. The molecule has 1 aliphatic rings. The molecule has 126 valence electrons. The molecule has 0 saturated carbocycles. The lowest BCUT2D eigenvalue weighted by Crippen LogP contribution is -2.51. The molecule has 1 aromatic heterocycles. The van der Waals surface area contributed by atoms with Gasteiger partial charge in [-0.15, -0.1) is 0 Å². The highest BCUT2D eigenvalue weighted by Crippen LogP contribution is 2.33. The van der Waals surface area contributed by atoms with Crippen LogP contribution in [0.3, 0.4) is 0 Å². The molecule has 1 atom stereocenters. The number of amides is 2. The number of carbonyl (C=O) groups is 1. The van der Waals surface area contributed by atoms with E-state index in [4.69, 9.17) is 4.74 Å². The minimum Gasteiger partial charge on any atom is -0.358 e. The SMILES string of the molecule is CCN1C(=O)NC(OC)C(C(C)C)=C1c1cnc2ccccc2c1. The Bertz CT molecular complexity index is 798. The average molecular weight is 325 g/mol. The fraction of sp³-hybridized carbons (Fsp3) is 0.368. The molecule has 0 spiro atoms. The molecule has 0 radical (unpaired) electrons. The fourth-order valence-corrected chi connectivity index (χ4v) is 3.24. The predicted molar refractivity (Wildman–Crippen MR) is 95.2 cm³/mol. The lowest BCUT2D eigenvalue weighted by molar-refractivity contribution is 0.0903. The zero-order valence-electron chi connectivity index (χ0n) is 14.5. The van der Waals surface area contributed by atoms with Crippen molar-refractivity contribution in [2.75, 3.05) is 13.7 Å². The van der Waals surface area contributed by atoms with Gasteiger partial charge in [0.25, 0.3) is 0 Å². The van der Waals surface area contributed by atoms with Crippen molar-refractivity contribution in [2.24, 2.45) is 5.92 Å². The maximum Gasteiger partial charge on any atom is 0.324 e. The molecule has 0 bridgehead atoms. The van der Waals surface area contributed by atoms with Crippen LogP contribution >= 0.6 is 0 Å². The molecule has 2 amide bonds. The molecule has 5 nitrogen and oxygen atoms in total. The maximum absolute atomic E-state index is 12.5. The Balaban J connectivity index is 2.24. The summed E-state index contributed by atoms with van der Waals surface area (Å²) in [5.74, 6) is 0.228. The lowest BCUT2D eigenvalue weighted by atomic mass is 9.93. The molecule has 1 aliphatic heterocycles. The summed E-state index contributed by atoms with van der Waals surface area (Å²) in [7, 11) is 1.62. The summed E-state index contributed by atoms with van der Waals surface area (Å²) >= 11 is 0. The van der Waals surface area contributed by atoms with Crippen molar-refractivity contribution in [3.05, 3.63) is 47.7 Å². The quantitative estimate of drug-likeness (QED) is 0.934. The molecular formula is C19H23N3O2. The summed E-state index contributed by atoms with van der Waals surface area (Å²) in [5.41, 5.74) is 3.85. The highest BCUT2D eigenvalue weighted by atomic mass is 16.5. The van der Waals surface area contributed by atoms with E-state index >= 15 is 0 Å². The molecule has 2 aromatic rings. The molecule has 24 heavy (non-hydrogen) atoms. The number of methoxy groups -OCH3 is 1. The van der Waals surface area contributed by atoms with Crippen molar-refractivity contribution in [1.82, 2.24) is 15.2 Å². The molecule has 0 aliphatic carbocycles. The van der Waals surface area contributed by atoms with E-state index in [1.165, 1.54) is 0 Å². The second-order valence-electron chi connectivity index (χ2n) is 6.18. The molecule has 5 heteroatoms. The number of rotatable bonds is 4. The lowest BCUT2D eigenvalue weighted by Gasteiger charge is -2.37. The monoisotopic (exact) mass is 325 g/mol. The third-order valence-electron chi connectivity index (χ3n) is 4.36. The first kappa shape index (κ1) is 16.5. The number of urea groups is 1. The Labute approximate surface area is 142 Å². The Morgan fingerprint density at radius 1 is 1.33 bits per heavy atom. The molecule has 0 saturated heterocycles. The molecule has 1 aromatic carbocycles. The summed E-state index contributed by atoms with van der Waals surface area (Å²) in [6, 6.07) is 9.94. The van der Waals surface area contributed by atoms with Gasteiger partial charge in [0.2, 0.25) is 0 Å². The van der Waals surface area contributed by atoms with Crippen LogP contribution in [0.25, 0.3) is 16.6 Å². The normalized spacial score (nSPS) is 18.5. The second kappa shape index (κ2) is 6.61. The first-order valence-electron chi connectivity index (χ1n) is 8.26. The van der Waals surface area contributed by atoms with Crippen LogP contribution in [0, 0.1) is 5.92 Å². The van der Waals surface area contributed by atoms with Crippen LogP contribution in [-0.2, 0) is 4.74 Å². The number of pyridine rings is 1. The smallest absolute Gasteiger partial charge is 0.324 e. The van der Waals surface area contributed by atoms with E-state index < -0.39 is 6.23 Å². The summed E-state index contributed by atoms with van der Waals surface area (Å²) in [6.07, 6.45) is 1.43. The number of aromatic nitrogens is 1. The number of nitrogens with zero attached hydrogens (tertiary/aromatic N) is 2. The van der Waals surface area contributed by atoms with Crippen molar-refractivity contribution in [3.8, 4) is 0 Å². The van der Waals surface area contributed by atoms with Gasteiger partial charge in [0.05, 0.1) is 11.2 Å². The largest absolute Gasteiger partial charge is 0.358 e. The Hall–Kier alpha value is -2.40. The van der Waals surface area contributed by atoms with Crippen molar-refractivity contribution in [2.45, 2.75) is 27.0 Å². The van der Waals surface area contributed by atoms with Crippen LogP contribution in [0.4, 0.5) is 4.79 Å². The van der Waals surface area contributed by atoms with Gasteiger partial charge in [0.15, 0.2) is 6.23 Å². The van der Waals surface area contributed by atoms with Gasteiger partial charge in [0, 0.05) is 36.4 Å². The highest BCUT2D eigenvalue weighted by Gasteiger charge is 2.34. The maximum atomic E-state index is 12.5. The standard InChI is InChI=1S/C19H23N3O2/c1-5-22-17(16(12(2)3)18(24-4)21-19(22)23)14-10-13-8-6-7-9-15(13)20-11-14/h6-12,18H,5H2,1-4H3,(H,21,23). The number of para-hydroxylation sites is 1.